The topological polar surface area (TPSA) is 119 Å². The van der Waals surface area contributed by atoms with Gasteiger partial charge >= 0.3 is 11.8 Å². The van der Waals surface area contributed by atoms with Gasteiger partial charge in [-0.3, -0.25) is 9.59 Å². The van der Waals surface area contributed by atoms with E-state index >= 15 is 0 Å². The third-order valence-corrected chi connectivity index (χ3v) is 3.50. The van der Waals surface area contributed by atoms with Crippen LogP contribution < -0.4 is 0 Å². The molecule has 114 valence electrons. The molecule has 1 aliphatic rings. The summed E-state index contributed by atoms with van der Waals surface area (Å²) < 4.78 is 1.16. The van der Waals surface area contributed by atoms with Gasteiger partial charge in [0.15, 0.2) is 0 Å². The zero-order chi connectivity index (χ0) is 15.4. The lowest BCUT2D eigenvalue weighted by Crippen LogP contribution is -2.43. The van der Waals surface area contributed by atoms with Gasteiger partial charge in [0.05, 0.1) is 17.4 Å². The Kier molecular flexibility index (Phi) is 4.51. The SMILES string of the molecule is O=C(O)CN(C(=O)Cn1ccc([N+](=O)[O-])n1)C1CCCC1. The minimum atomic E-state index is -1.07. The van der Waals surface area contributed by atoms with E-state index in [4.69, 9.17) is 5.11 Å². The monoisotopic (exact) mass is 296 g/mol. The van der Waals surface area contributed by atoms with Gasteiger partial charge in [0.1, 0.15) is 13.1 Å². The molecule has 0 aliphatic heterocycles. The number of aliphatic carboxylic acids is 1. The van der Waals surface area contributed by atoms with E-state index in [1.807, 2.05) is 0 Å². The first-order valence-electron chi connectivity index (χ1n) is 6.66. The number of carbonyl (C=O) groups is 2. The summed E-state index contributed by atoms with van der Waals surface area (Å²) in [5.41, 5.74) is 0. The van der Waals surface area contributed by atoms with Gasteiger partial charge in [-0.2, -0.15) is 4.68 Å². The van der Waals surface area contributed by atoms with Gasteiger partial charge in [-0.1, -0.05) is 12.8 Å². The van der Waals surface area contributed by atoms with E-state index < -0.39 is 10.9 Å². The highest BCUT2D eigenvalue weighted by atomic mass is 16.6. The van der Waals surface area contributed by atoms with Crippen molar-refractivity contribution in [2.24, 2.45) is 0 Å². The molecule has 1 heterocycles. The average Bonchev–Trinajstić information content (AvgIpc) is 3.06. The summed E-state index contributed by atoms with van der Waals surface area (Å²) in [5, 5.41) is 23.1. The summed E-state index contributed by atoms with van der Waals surface area (Å²) in [6, 6.07) is 1.13. The maximum absolute atomic E-state index is 12.2. The van der Waals surface area contributed by atoms with E-state index in [2.05, 4.69) is 5.10 Å². The second kappa shape index (κ2) is 6.33. The Morgan fingerprint density at radius 1 is 1.48 bits per heavy atom. The Morgan fingerprint density at radius 3 is 2.67 bits per heavy atom. The Labute approximate surface area is 120 Å². The van der Waals surface area contributed by atoms with Crippen LogP contribution in [0.4, 0.5) is 5.82 Å². The number of nitro groups is 1. The second-order valence-electron chi connectivity index (χ2n) is 4.98. The summed E-state index contributed by atoms with van der Waals surface area (Å²) in [5.74, 6) is -1.79. The van der Waals surface area contributed by atoms with Gasteiger partial charge in [-0.05, 0) is 17.8 Å². The molecule has 0 saturated heterocycles. The minimum Gasteiger partial charge on any atom is -0.480 e. The molecule has 1 aromatic rings. The first kappa shape index (κ1) is 14.9. The van der Waals surface area contributed by atoms with Crippen LogP contribution in [0.15, 0.2) is 12.3 Å². The molecule has 1 aliphatic carbocycles. The number of rotatable bonds is 6. The van der Waals surface area contributed by atoms with Crippen molar-refractivity contribution in [3.05, 3.63) is 22.4 Å². The number of nitrogens with zero attached hydrogens (tertiary/aromatic N) is 4. The number of hydrogen-bond donors (Lipinski definition) is 1. The van der Waals surface area contributed by atoms with Crippen molar-refractivity contribution < 1.29 is 19.6 Å². The smallest absolute Gasteiger partial charge is 0.389 e. The zero-order valence-corrected chi connectivity index (χ0v) is 11.3. The Bertz CT molecular complexity index is 550. The van der Waals surface area contributed by atoms with Gasteiger partial charge in [-0.25, -0.2) is 0 Å². The molecule has 1 saturated carbocycles. The number of carboxylic acid groups (broad SMARTS) is 1. The summed E-state index contributed by atoms with van der Waals surface area (Å²) in [4.78, 5) is 34.4. The molecule has 0 bridgehead atoms. The lowest BCUT2D eigenvalue weighted by molar-refractivity contribution is -0.389. The van der Waals surface area contributed by atoms with Gasteiger partial charge < -0.3 is 20.1 Å². The maximum atomic E-state index is 12.2. The van der Waals surface area contributed by atoms with E-state index in [9.17, 15) is 19.7 Å². The first-order chi connectivity index (χ1) is 9.97. The van der Waals surface area contributed by atoms with E-state index in [0.29, 0.717) is 0 Å². The largest absolute Gasteiger partial charge is 0.480 e. The summed E-state index contributed by atoms with van der Waals surface area (Å²) in [6.07, 6.45) is 4.86. The number of hydrogen-bond acceptors (Lipinski definition) is 5. The summed E-state index contributed by atoms with van der Waals surface area (Å²) >= 11 is 0. The van der Waals surface area contributed by atoms with E-state index in [0.717, 1.165) is 30.4 Å². The zero-order valence-electron chi connectivity index (χ0n) is 11.3. The molecule has 1 fully saturated rings. The molecule has 1 amide bonds. The molecule has 0 unspecified atom stereocenters. The molecular weight excluding hydrogens is 280 g/mol. The van der Waals surface area contributed by atoms with E-state index in [1.54, 1.807) is 0 Å². The Hall–Kier alpha value is -2.45. The number of carboxylic acids is 1. The van der Waals surface area contributed by atoms with Crippen LogP contribution in [-0.4, -0.2) is 49.2 Å². The number of amides is 1. The van der Waals surface area contributed by atoms with E-state index in [-0.39, 0.29) is 30.9 Å². The molecule has 9 nitrogen and oxygen atoms in total. The van der Waals surface area contributed by atoms with Crippen LogP contribution in [0.2, 0.25) is 0 Å². The highest BCUT2D eigenvalue weighted by Gasteiger charge is 2.29. The fraction of sp³-hybridized carbons (Fsp3) is 0.583. The van der Waals surface area contributed by atoms with Crippen molar-refractivity contribution in [2.75, 3.05) is 6.54 Å². The normalized spacial score (nSPS) is 15.0. The quantitative estimate of drug-likeness (QED) is 0.608. The molecule has 0 aromatic carbocycles. The van der Waals surface area contributed by atoms with Gasteiger partial charge in [-0.15, -0.1) is 0 Å². The molecule has 0 radical (unpaired) electrons. The fourth-order valence-corrected chi connectivity index (χ4v) is 2.55. The van der Waals surface area contributed by atoms with Crippen molar-refractivity contribution in [3.63, 3.8) is 0 Å². The van der Waals surface area contributed by atoms with Crippen LogP contribution in [0.5, 0.6) is 0 Å². The fourth-order valence-electron chi connectivity index (χ4n) is 2.55. The van der Waals surface area contributed by atoms with Crippen LogP contribution in [-0.2, 0) is 16.1 Å². The van der Waals surface area contributed by atoms with Crippen LogP contribution in [0, 0.1) is 10.1 Å². The highest BCUT2D eigenvalue weighted by Crippen LogP contribution is 2.23. The molecule has 1 aromatic heterocycles. The minimum absolute atomic E-state index is 0.0702. The molecule has 1 N–H and O–H groups in total. The predicted octanol–water partition coefficient (Wildman–Crippen LogP) is 0.647. The van der Waals surface area contributed by atoms with Gasteiger partial charge in [0.25, 0.3) is 0 Å². The third-order valence-electron chi connectivity index (χ3n) is 3.50. The molecule has 9 heteroatoms. The van der Waals surface area contributed by atoms with Crippen LogP contribution in [0.3, 0.4) is 0 Å². The van der Waals surface area contributed by atoms with Crippen molar-refractivity contribution >= 4 is 17.7 Å². The van der Waals surface area contributed by atoms with Crippen LogP contribution in [0.25, 0.3) is 0 Å². The van der Waals surface area contributed by atoms with Crippen molar-refractivity contribution in [3.8, 4) is 0 Å². The summed E-state index contributed by atoms with van der Waals surface area (Å²) in [7, 11) is 0. The molecule has 2 rings (SSSR count). The number of carbonyl (C=O) groups excluding carboxylic acids is 1. The Balaban J connectivity index is 2.06. The molecule has 0 spiro atoms. The molecule has 0 atom stereocenters. The summed E-state index contributed by atoms with van der Waals surface area (Å²) in [6.45, 7) is -0.551. The van der Waals surface area contributed by atoms with E-state index in [1.165, 1.54) is 17.2 Å². The number of aromatic nitrogens is 2. The molecule has 21 heavy (non-hydrogen) atoms. The third kappa shape index (κ3) is 3.77. The van der Waals surface area contributed by atoms with Crippen LogP contribution >= 0.6 is 0 Å². The van der Waals surface area contributed by atoms with Gasteiger partial charge in [0.2, 0.25) is 5.91 Å². The molecular formula is C12H16N4O5. The van der Waals surface area contributed by atoms with Crippen molar-refractivity contribution in [2.45, 2.75) is 38.3 Å². The average molecular weight is 296 g/mol. The van der Waals surface area contributed by atoms with Gasteiger partial charge in [0, 0.05) is 6.04 Å². The maximum Gasteiger partial charge on any atom is 0.389 e. The van der Waals surface area contributed by atoms with Crippen molar-refractivity contribution in [1.82, 2.24) is 14.7 Å². The lowest BCUT2D eigenvalue weighted by atomic mass is 10.2. The van der Waals surface area contributed by atoms with Crippen molar-refractivity contribution in [1.29, 1.82) is 0 Å². The highest BCUT2D eigenvalue weighted by molar-refractivity contribution is 5.81. The van der Waals surface area contributed by atoms with Crippen LogP contribution in [0.1, 0.15) is 25.7 Å². The first-order valence-corrected chi connectivity index (χ1v) is 6.66. The Morgan fingerprint density at radius 2 is 2.14 bits per heavy atom. The standard InChI is InChI=1S/C12H16N4O5/c17-11(7-14-6-5-10(13-14)16(20)21)15(8-12(18)19)9-3-1-2-4-9/h5-6,9H,1-4,7-8H2,(H,18,19). The second-order valence-corrected chi connectivity index (χ2v) is 4.98. The lowest BCUT2D eigenvalue weighted by Gasteiger charge is -2.26. The predicted molar refractivity (Wildman–Crippen MR) is 70.5 cm³/mol.